The van der Waals surface area contributed by atoms with Gasteiger partial charge in [-0.1, -0.05) is 19.1 Å². The second-order valence-electron chi connectivity index (χ2n) is 4.45. The second kappa shape index (κ2) is 3.02. The molecule has 2 rings (SSSR count). The zero-order valence-electron chi connectivity index (χ0n) is 8.19. The molecule has 3 heteroatoms. The van der Waals surface area contributed by atoms with Gasteiger partial charge in [0.25, 0.3) is 0 Å². The van der Waals surface area contributed by atoms with Gasteiger partial charge >= 0.3 is 0 Å². The smallest absolute Gasteiger partial charge is 0.168 e. The number of carbonyl (C=O) groups excluding carboxylic acids is 2. The predicted molar refractivity (Wildman–Crippen MR) is 50.6 cm³/mol. The number of carbonyl (C=O) groups is 2. The lowest BCUT2D eigenvalue weighted by Crippen LogP contribution is -2.51. The highest BCUT2D eigenvalue weighted by Gasteiger charge is 2.50. The summed E-state index contributed by atoms with van der Waals surface area (Å²) in [7, 11) is 0. The van der Waals surface area contributed by atoms with Gasteiger partial charge in [-0.15, -0.1) is 0 Å². The Morgan fingerprint density at radius 3 is 2.86 bits per heavy atom. The van der Waals surface area contributed by atoms with Crippen molar-refractivity contribution in [1.29, 1.82) is 0 Å². The van der Waals surface area contributed by atoms with Crippen molar-refractivity contribution in [3.63, 3.8) is 0 Å². The number of fused-ring (bicyclic) bond motifs is 1. The molecule has 0 radical (unpaired) electrons. The maximum atomic E-state index is 11.7. The van der Waals surface area contributed by atoms with Crippen molar-refractivity contribution in [1.82, 2.24) is 0 Å². The van der Waals surface area contributed by atoms with Crippen molar-refractivity contribution < 1.29 is 14.7 Å². The molecule has 0 amide bonds. The van der Waals surface area contributed by atoms with Crippen LogP contribution in [-0.2, 0) is 9.59 Å². The Labute approximate surface area is 82.8 Å². The molecular formula is C11H14O3. The summed E-state index contributed by atoms with van der Waals surface area (Å²) in [6.45, 7) is 1.86. The number of hydrogen-bond donors (Lipinski definition) is 1. The Bertz CT molecular complexity index is 318. The minimum atomic E-state index is -0.942. The minimum absolute atomic E-state index is 0.0119. The Morgan fingerprint density at radius 1 is 1.43 bits per heavy atom. The third-order valence-electron chi connectivity index (χ3n) is 3.60. The van der Waals surface area contributed by atoms with Crippen LogP contribution >= 0.6 is 0 Å². The van der Waals surface area contributed by atoms with Gasteiger partial charge in [-0.2, -0.15) is 0 Å². The second-order valence-corrected chi connectivity index (χ2v) is 4.45. The van der Waals surface area contributed by atoms with Crippen molar-refractivity contribution in [2.75, 3.05) is 0 Å². The molecular weight excluding hydrogens is 180 g/mol. The van der Waals surface area contributed by atoms with E-state index in [1.165, 1.54) is 0 Å². The van der Waals surface area contributed by atoms with Crippen LogP contribution in [0.4, 0.5) is 0 Å². The van der Waals surface area contributed by atoms with Crippen LogP contribution in [0.3, 0.4) is 0 Å². The largest absolute Gasteiger partial charge is 0.385 e. The molecule has 0 saturated heterocycles. The molecule has 0 spiro atoms. The Morgan fingerprint density at radius 2 is 2.14 bits per heavy atom. The molecule has 2 aliphatic carbocycles. The zero-order valence-corrected chi connectivity index (χ0v) is 8.19. The number of aliphatic hydroxyl groups is 1. The summed E-state index contributed by atoms with van der Waals surface area (Å²) in [5, 5.41) is 9.72. The molecule has 76 valence electrons. The lowest BCUT2D eigenvalue weighted by Gasteiger charge is -2.43. The first-order chi connectivity index (χ1) is 6.55. The Balaban J connectivity index is 2.38. The van der Waals surface area contributed by atoms with Crippen LogP contribution in [0.5, 0.6) is 0 Å². The van der Waals surface area contributed by atoms with E-state index in [4.69, 9.17) is 0 Å². The zero-order chi connectivity index (χ0) is 10.3. The molecule has 0 aromatic carbocycles. The summed E-state index contributed by atoms with van der Waals surface area (Å²) in [6.07, 6.45) is 4.17. The molecule has 2 aliphatic rings. The third kappa shape index (κ3) is 1.16. The quantitative estimate of drug-likeness (QED) is 0.459. The first-order valence-electron chi connectivity index (χ1n) is 4.95. The molecule has 0 heterocycles. The van der Waals surface area contributed by atoms with Crippen molar-refractivity contribution in [3.05, 3.63) is 12.2 Å². The molecule has 14 heavy (non-hydrogen) atoms. The number of allylic oxidation sites excluding steroid dienone is 2. The molecule has 0 aromatic rings. The molecule has 0 aromatic heterocycles. The number of ketones is 2. The third-order valence-corrected chi connectivity index (χ3v) is 3.60. The molecule has 1 fully saturated rings. The SMILES string of the molecule is CC12CC=CCC1C(O)C(=O)CC2=O. The van der Waals surface area contributed by atoms with E-state index < -0.39 is 11.5 Å². The van der Waals surface area contributed by atoms with E-state index in [2.05, 4.69) is 0 Å². The van der Waals surface area contributed by atoms with Gasteiger partial charge in [0.05, 0.1) is 6.42 Å². The van der Waals surface area contributed by atoms with Crippen LogP contribution in [-0.4, -0.2) is 22.8 Å². The molecule has 0 bridgehead atoms. The highest BCUT2D eigenvalue weighted by molar-refractivity contribution is 6.06. The summed E-state index contributed by atoms with van der Waals surface area (Å²) >= 11 is 0. The maximum absolute atomic E-state index is 11.7. The fourth-order valence-corrected chi connectivity index (χ4v) is 2.47. The van der Waals surface area contributed by atoms with E-state index in [1.54, 1.807) is 0 Å². The summed E-state index contributed by atoms with van der Waals surface area (Å²) in [5.74, 6) is -0.531. The molecule has 3 atom stereocenters. The van der Waals surface area contributed by atoms with E-state index in [0.29, 0.717) is 12.8 Å². The predicted octanol–water partition coefficient (Wildman–Crippen LogP) is 0.862. The fraction of sp³-hybridized carbons (Fsp3) is 0.636. The van der Waals surface area contributed by atoms with E-state index >= 15 is 0 Å². The standard InChI is InChI=1S/C11H14O3/c1-11-5-3-2-4-7(11)10(14)8(12)6-9(11)13/h2-3,7,10,14H,4-6H2,1H3. The summed E-state index contributed by atoms with van der Waals surface area (Å²) in [6, 6.07) is 0. The van der Waals surface area contributed by atoms with Crippen molar-refractivity contribution >= 4 is 11.6 Å². The van der Waals surface area contributed by atoms with Gasteiger partial charge < -0.3 is 5.11 Å². The van der Waals surface area contributed by atoms with E-state index in [9.17, 15) is 14.7 Å². The summed E-state index contributed by atoms with van der Waals surface area (Å²) in [4.78, 5) is 23.0. The van der Waals surface area contributed by atoms with E-state index in [0.717, 1.165) is 0 Å². The van der Waals surface area contributed by atoms with Gasteiger partial charge in [0, 0.05) is 11.3 Å². The fourth-order valence-electron chi connectivity index (χ4n) is 2.47. The highest BCUT2D eigenvalue weighted by Crippen LogP contribution is 2.44. The topological polar surface area (TPSA) is 54.4 Å². The van der Waals surface area contributed by atoms with Gasteiger partial charge in [-0.25, -0.2) is 0 Å². The lowest BCUT2D eigenvalue weighted by molar-refractivity contribution is -0.152. The average Bonchev–Trinajstić information content (AvgIpc) is 2.15. The first kappa shape index (κ1) is 9.59. The Kier molecular flexibility index (Phi) is 2.07. The minimum Gasteiger partial charge on any atom is -0.385 e. The van der Waals surface area contributed by atoms with Crippen LogP contribution in [0.2, 0.25) is 0 Å². The molecule has 3 nitrogen and oxygen atoms in total. The summed E-state index contributed by atoms with van der Waals surface area (Å²) in [5.41, 5.74) is -0.512. The van der Waals surface area contributed by atoms with Crippen LogP contribution in [0.1, 0.15) is 26.2 Å². The van der Waals surface area contributed by atoms with Crippen LogP contribution < -0.4 is 0 Å². The Hall–Kier alpha value is -0.960. The lowest BCUT2D eigenvalue weighted by atomic mass is 9.60. The molecule has 0 aliphatic heterocycles. The number of hydrogen-bond acceptors (Lipinski definition) is 3. The van der Waals surface area contributed by atoms with E-state index in [-0.39, 0.29) is 23.9 Å². The van der Waals surface area contributed by atoms with Crippen LogP contribution in [0.15, 0.2) is 12.2 Å². The van der Waals surface area contributed by atoms with Gasteiger partial charge in [0.2, 0.25) is 0 Å². The van der Waals surface area contributed by atoms with Crippen LogP contribution in [0.25, 0.3) is 0 Å². The maximum Gasteiger partial charge on any atom is 0.168 e. The highest BCUT2D eigenvalue weighted by atomic mass is 16.3. The van der Waals surface area contributed by atoms with E-state index in [1.807, 2.05) is 19.1 Å². The normalized spacial score (nSPS) is 42.4. The molecule has 1 saturated carbocycles. The van der Waals surface area contributed by atoms with Gasteiger partial charge in [0.1, 0.15) is 11.9 Å². The van der Waals surface area contributed by atoms with Crippen molar-refractivity contribution in [3.8, 4) is 0 Å². The first-order valence-corrected chi connectivity index (χ1v) is 4.95. The summed E-state index contributed by atoms with van der Waals surface area (Å²) < 4.78 is 0. The van der Waals surface area contributed by atoms with Crippen molar-refractivity contribution in [2.45, 2.75) is 32.3 Å². The van der Waals surface area contributed by atoms with Crippen molar-refractivity contribution in [2.24, 2.45) is 11.3 Å². The average molecular weight is 194 g/mol. The number of rotatable bonds is 0. The number of Topliss-reactive ketones (excluding diaryl/α,β-unsaturated/α-hetero) is 2. The van der Waals surface area contributed by atoms with Gasteiger partial charge in [-0.05, 0) is 12.8 Å². The molecule has 1 N–H and O–H groups in total. The van der Waals surface area contributed by atoms with Gasteiger partial charge in [0.15, 0.2) is 5.78 Å². The monoisotopic (exact) mass is 194 g/mol. The number of aliphatic hydroxyl groups excluding tert-OH is 1. The van der Waals surface area contributed by atoms with Gasteiger partial charge in [-0.3, -0.25) is 9.59 Å². The van der Waals surface area contributed by atoms with Crippen LogP contribution in [0, 0.1) is 11.3 Å². The molecule has 3 unspecified atom stereocenters.